The third-order valence-corrected chi connectivity index (χ3v) is 8.27. The largest absolute Gasteiger partial charge is 0.497 e. The van der Waals surface area contributed by atoms with Gasteiger partial charge in [-0.2, -0.15) is 0 Å². The van der Waals surface area contributed by atoms with E-state index in [1.165, 1.54) is 24.1 Å². The van der Waals surface area contributed by atoms with Gasteiger partial charge in [-0.1, -0.05) is 48.4 Å². The molecule has 0 heterocycles. The second-order valence-corrected chi connectivity index (χ2v) is 11.4. The molecule has 0 saturated heterocycles. The van der Waals surface area contributed by atoms with Gasteiger partial charge in [0, 0.05) is 18.1 Å². The minimum Gasteiger partial charge on any atom is -0.497 e. The second-order valence-electron chi connectivity index (χ2n) is 9.14. The summed E-state index contributed by atoms with van der Waals surface area (Å²) in [5.41, 5.74) is 2.15. The van der Waals surface area contributed by atoms with Crippen LogP contribution < -0.4 is 14.4 Å². The molecule has 3 aromatic carbocycles. The molecule has 0 spiro atoms. The van der Waals surface area contributed by atoms with Gasteiger partial charge in [-0.05, 0) is 74.4 Å². The molecule has 208 valence electrons. The summed E-state index contributed by atoms with van der Waals surface area (Å²) in [7, 11) is -2.68. The van der Waals surface area contributed by atoms with Gasteiger partial charge in [0.05, 0.1) is 17.7 Å². The first-order valence-electron chi connectivity index (χ1n) is 12.6. The van der Waals surface area contributed by atoms with E-state index in [4.69, 9.17) is 16.3 Å². The third kappa shape index (κ3) is 7.74. The molecule has 0 radical (unpaired) electrons. The van der Waals surface area contributed by atoms with E-state index >= 15 is 0 Å². The Morgan fingerprint density at radius 3 is 2.15 bits per heavy atom. The number of amides is 2. The molecule has 3 rings (SSSR count). The number of ether oxygens (including phenoxy) is 1. The predicted octanol–water partition coefficient (Wildman–Crippen LogP) is 4.80. The van der Waals surface area contributed by atoms with Crippen molar-refractivity contribution in [1.29, 1.82) is 0 Å². The summed E-state index contributed by atoms with van der Waals surface area (Å²) in [5.74, 6) is -0.339. The van der Waals surface area contributed by atoms with E-state index in [9.17, 15) is 18.0 Å². The van der Waals surface area contributed by atoms with Gasteiger partial charge < -0.3 is 15.0 Å². The van der Waals surface area contributed by atoms with Crippen molar-refractivity contribution in [1.82, 2.24) is 10.2 Å². The Morgan fingerprint density at radius 1 is 0.974 bits per heavy atom. The highest BCUT2D eigenvalue weighted by Crippen LogP contribution is 2.27. The van der Waals surface area contributed by atoms with Crippen molar-refractivity contribution >= 4 is 39.1 Å². The third-order valence-electron chi connectivity index (χ3n) is 6.23. The lowest BCUT2D eigenvalue weighted by Crippen LogP contribution is -2.51. The number of nitrogens with zero attached hydrogens (tertiary/aromatic N) is 2. The van der Waals surface area contributed by atoms with Crippen LogP contribution in [-0.4, -0.2) is 51.4 Å². The molecule has 0 aliphatic carbocycles. The number of carbonyl (C=O) groups is 2. The first kappa shape index (κ1) is 30.0. The van der Waals surface area contributed by atoms with Crippen molar-refractivity contribution in [3.8, 4) is 5.75 Å². The van der Waals surface area contributed by atoms with Gasteiger partial charge in [0.1, 0.15) is 18.3 Å². The molecular formula is C29H34ClN3O5S. The van der Waals surface area contributed by atoms with E-state index in [1.54, 1.807) is 43.3 Å². The number of carbonyl (C=O) groups excluding carboxylic acids is 2. The Hall–Kier alpha value is -3.56. The molecule has 0 aliphatic rings. The second kappa shape index (κ2) is 13.5. The Kier molecular flexibility index (Phi) is 10.4. The fourth-order valence-electron chi connectivity index (χ4n) is 3.88. The maximum Gasteiger partial charge on any atom is 0.264 e. The molecule has 0 aliphatic heterocycles. The van der Waals surface area contributed by atoms with E-state index < -0.39 is 28.5 Å². The number of hydrogen-bond donors (Lipinski definition) is 1. The number of halogens is 1. The standard InChI is InChI=1S/C29H34ClN3O5S/c1-5-18-31-29(35)22(3)32(19-23-8-6-21(2)7-9-23)28(34)20-33(25-12-10-24(30)11-13-25)39(36,37)27-16-14-26(38-4)15-17-27/h6-17,22H,5,18-20H2,1-4H3,(H,31,35). The quantitative estimate of drug-likeness (QED) is 0.337. The van der Waals surface area contributed by atoms with Crippen LogP contribution >= 0.6 is 11.6 Å². The lowest BCUT2D eigenvalue weighted by atomic mass is 10.1. The number of rotatable bonds is 12. The zero-order valence-corrected chi connectivity index (χ0v) is 24.1. The lowest BCUT2D eigenvalue weighted by Gasteiger charge is -2.32. The minimum atomic E-state index is -4.17. The maximum absolute atomic E-state index is 13.9. The Bertz CT molecular complexity index is 1360. The molecule has 0 saturated carbocycles. The Labute approximate surface area is 235 Å². The smallest absolute Gasteiger partial charge is 0.264 e. The monoisotopic (exact) mass is 571 g/mol. The summed E-state index contributed by atoms with van der Waals surface area (Å²) >= 11 is 6.06. The highest BCUT2D eigenvalue weighted by molar-refractivity contribution is 7.92. The molecule has 10 heteroatoms. The van der Waals surface area contributed by atoms with E-state index in [0.29, 0.717) is 17.3 Å². The van der Waals surface area contributed by atoms with Crippen LogP contribution in [0.2, 0.25) is 5.02 Å². The molecule has 39 heavy (non-hydrogen) atoms. The first-order chi connectivity index (χ1) is 18.6. The summed E-state index contributed by atoms with van der Waals surface area (Å²) in [4.78, 5) is 28.2. The maximum atomic E-state index is 13.9. The number of aryl methyl sites for hydroxylation is 1. The van der Waals surface area contributed by atoms with Crippen LogP contribution in [0, 0.1) is 6.92 Å². The van der Waals surface area contributed by atoms with Crippen LogP contribution in [0.1, 0.15) is 31.4 Å². The Morgan fingerprint density at radius 2 is 1.59 bits per heavy atom. The number of hydrogen-bond acceptors (Lipinski definition) is 5. The van der Waals surface area contributed by atoms with Crippen molar-refractivity contribution in [3.05, 3.63) is 88.9 Å². The molecule has 0 aromatic heterocycles. The van der Waals surface area contributed by atoms with Gasteiger partial charge >= 0.3 is 0 Å². The van der Waals surface area contributed by atoms with Crippen LogP contribution in [0.3, 0.4) is 0 Å². The van der Waals surface area contributed by atoms with Crippen LogP contribution in [0.5, 0.6) is 5.75 Å². The molecule has 0 bridgehead atoms. The van der Waals surface area contributed by atoms with Gasteiger partial charge in [-0.25, -0.2) is 8.42 Å². The normalized spacial score (nSPS) is 11.9. The van der Waals surface area contributed by atoms with Gasteiger partial charge in [-0.15, -0.1) is 0 Å². The lowest BCUT2D eigenvalue weighted by molar-refractivity contribution is -0.139. The average Bonchev–Trinajstić information content (AvgIpc) is 2.94. The fraction of sp³-hybridized carbons (Fsp3) is 0.310. The SMILES string of the molecule is CCCNC(=O)C(C)N(Cc1ccc(C)cc1)C(=O)CN(c1ccc(Cl)cc1)S(=O)(=O)c1ccc(OC)cc1. The van der Waals surface area contributed by atoms with Crippen molar-refractivity contribution in [3.63, 3.8) is 0 Å². The van der Waals surface area contributed by atoms with Crippen molar-refractivity contribution in [2.24, 2.45) is 0 Å². The van der Waals surface area contributed by atoms with E-state index in [1.807, 2.05) is 38.1 Å². The van der Waals surface area contributed by atoms with E-state index in [-0.39, 0.29) is 23.0 Å². The first-order valence-corrected chi connectivity index (χ1v) is 14.4. The van der Waals surface area contributed by atoms with Gasteiger partial charge in [0.15, 0.2) is 0 Å². The number of anilines is 1. The number of methoxy groups -OCH3 is 1. The van der Waals surface area contributed by atoms with Crippen LogP contribution in [0.15, 0.2) is 77.7 Å². The summed E-state index contributed by atoms with van der Waals surface area (Å²) in [6.45, 7) is 5.63. The molecular weight excluding hydrogens is 538 g/mol. The summed E-state index contributed by atoms with van der Waals surface area (Å²) < 4.78 is 33.8. The summed E-state index contributed by atoms with van der Waals surface area (Å²) in [6, 6.07) is 18.9. The fourth-order valence-corrected chi connectivity index (χ4v) is 5.42. The Balaban J connectivity index is 2.00. The van der Waals surface area contributed by atoms with Crippen molar-refractivity contribution < 1.29 is 22.7 Å². The molecule has 1 atom stereocenters. The van der Waals surface area contributed by atoms with Crippen molar-refractivity contribution in [2.45, 2.75) is 44.7 Å². The highest BCUT2D eigenvalue weighted by atomic mass is 35.5. The average molecular weight is 572 g/mol. The number of nitrogens with one attached hydrogen (secondary N) is 1. The number of sulfonamides is 1. The van der Waals surface area contributed by atoms with Crippen LogP contribution in [0.25, 0.3) is 0 Å². The van der Waals surface area contributed by atoms with E-state index in [2.05, 4.69) is 5.32 Å². The molecule has 8 nitrogen and oxygen atoms in total. The molecule has 1 N–H and O–H groups in total. The van der Waals surface area contributed by atoms with Gasteiger partial charge in [0.2, 0.25) is 11.8 Å². The van der Waals surface area contributed by atoms with Gasteiger partial charge in [0.25, 0.3) is 10.0 Å². The molecule has 1 unspecified atom stereocenters. The summed E-state index contributed by atoms with van der Waals surface area (Å²) in [5, 5.41) is 3.25. The van der Waals surface area contributed by atoms with E-state index in [0.717, 1.165) is 21.9 Å². The topological polar surface area (TPSA) is 96.0 Å². The van der Waals surface area contributed by atoms with Crippen LogP contribution in [-0.2, 0) is 26.2 Å². The van der Waals surface area contributed by atoms with Crippen molar-refractivity contribution in [2.75, 3.05) is 24.5 Å². The zero-order chi connectivity index (χ0) is 28.6. The zero-order valence-electron chi connectivity index (χ0n) is 22.6. The molecule has 2 amide bonds. The predicted molar refractivity (Wildman–Crippen MR) is 153 cm³/mol. The molecule has 0 fully saturated rings. The number of benzene rings is 3. The highest BCUT2D eigenvalue weighted by Gasteiger charge is 2.32. The van der Waals surface area contributed by atoms with Gasteiger partial charge in [-0.3, -0.25) is 13.9 Å². The molecule has 3 aromatic rings. The summed E-state index contributed by atoms with van der Waals surface area (Å²) in [6.07, 6.45) is 0.745. The minimum absolute atomic E-state index is 0.00938. The van der Waals surface area contributed by atoms with Crippen LogP contribution in [0.4, 0.5) is 5.69 Å².